The number of carbonyl (C=O) groups is 2. The van der Waals surface area contributed by atoms with Gasteiger partial charge < -0.3 is 15.3 Å². The summed E-state index contributed by atoms with van der Waals surface area (Å²) in [5, 5.41) is 12.7. The number of nitrogens with one attached hydrogen (secondary N) is 1. The molecule has 1 unspecified atom stereocenters. The van der Waals surface area contributed by atoms with Gasteiger partial charge in [-0.25, -0.2) is 4.79 Å². The topological polar surface area (TPSA) is 69.6 Å². The highest BCUT2D eigenvalue weighted by molar-refractivity contribution is 5.97. The fraction of sp³-hybridized carbons (Fsp3) is 0.375. The molecule has 1 amide bonds. The molecule has 0 spiro atoms. The van der Waals surface area contributed by atoms with Crippen molar-refractivity contribution in [3.63, 3.8) is 0 Å². The normalized spacial score (nSPS) is 20.5. The Kier molecular flexibility index (Phi) is 3.51. The van der Waals surface area contributed by atoms with Crippen molar-refractivity contribution in [3.05, 3.63) is 46.5 Å². The van der Waals surface area contributed by atoms with Gasteiger partial charge in [-0.15, -0.1) is 0 Å². The summed E-state index contributed by atoms with van der Waals surface area (Å²) in [6, 6.07) is 6.59. The maximum atomic E-state index is 12.6. The van der Waals surface area contributed by atoms with Gasteiger partial charge in [0.1, 0.15) is 0 Å². The molecule has 5 heteroatoms. The third-order valence-corrected chi connectivity index (χ3v) is 4.31. The van der Waals surface area contributed by atoms with Crippen molar-refractivity contribution in [2.24, 2.45) is 0 Å². The van der Waals surface area contributed by atoms with Crippen LogP contribution >= 0.6 is 0 Å². The van der Waals surface area contributed by atoms with E-state index in [1.54, 1.807) is 13.0 Å². The Morgan fingerprint density at radius 2 is 2.00 bits per heavy atom. The molecule has 21 heavy (non-hydrogen) atoms. The molecule has 0 radical (unpaired) electrons. The Labute approximate surface area is 123 Å². The van der Waals surface area contributed by atoms with Gasteiger partial charge in [0.05, 0.1) is 0 Å². The summed E-state index contributed by atoms with van der Waals surface area (Å²) in [5.74, 6) is -1.13. The molecule has 2 heterocycles. The molecule has 2 aliphatic rings. The molecule has 0 saturated carbocycles. The van der Waals surface area contributed by atoms with Gasteiger partial charge in [-0.2, -0.15) is 0 Å². The number of amides is 1. The molecule has 2 N–H and O–H groups in total. The molecule has 0 aromatic heterocycles. The van der Waals surface area contributed by atoms with Crippen molar-refractivity contribution in [1.82, 2.24) is 10.2 Å². The Bertz CT molecular complexity index is 630. The lowest BCUT2D eigenvalue weighted by molar-refractivity contribution is -0.149. The number of fused-ring (bicyclic) bond motifs is 1. The zero-order valence-corrected chi connectivity index (χ0v) is 11.9. The summed E-state index contributed by atoms with van der Waals surface area (Å²) in [7, 11) is 0. The molecule has 0 aliphatic carbocycles. The van der Waals surface area contributed by atoms with Crippen molar-refractivity contribution in [2.75, 3.05) is 19.6 Å². The van der Waals surface area contributed by atoms with Crippen molar-refractivity contribution >= 4 is 11.9 Å². The number of hydrogen-bond donors (Lipinski definition) is 2. The SMILES string of the molecule is CC(C(=O)N1CCc2ccccc2C1C(=O)O)=C1CNC1. The van der Waals surface area contributed by atoms with E-state index in [4.69, 9.17) is 0 Å². The number of carbonyl (C=O) groups excluding carboxylic acids is 1. The smallest absolute Gasteiger partial charge is 0.331 e. The van der Waals surface area contributed by atoms with Gasteiger partial charge in [-0.05, 0) is 30.0 Å². The molecule has 5 nitrogen and oxygen atoms in total. The van der Waals surface area contributed by atoms with Gasteiger partial charge >= 0.3 is 5.97 Å². The third-order valence-electron chi connectivity index (χ3n) is 4.31. The zero-order chi connectivity index (χ0) is 15.0. The first-order chi connectivity index (χ1) is 10.1. The standard InChI is InChI=1S/C16H18N2O3/c1-10(12-8-17-9-12)15(19)18-7-6-11-4-2-3-5-13(11)14(18)16(20)21/h2-5,14,17H,6-9H2,1H3,(H,20,21). The fourth-order valence-corrected chi connectivity index (χ4v) is 2.93. The highest BCUT2D eigenvalue weighted by Gasteiger charge is 2.36. The van der Waals surface area contributed by atoms with E-state index < -0.39 is 12.0 Å². The molecule has 2 aliphatic heterocycles. The van der Waals surface area contributed by atoms with Crippen LogP contribution in [0.4, 0.5) is 0 Å². The van der Waals surface area contributed by atoms with E-state index in [9.17, 15) is 14.7 Å². The van der Waals surface area contributed by atoms with Crippen LogP contribution in [-0.2, 0) is 16.0 Å². The summed E-state index contributed by atoms with van der Waals surface area (Å²) in [4.78, 5) is 25.8. The van der Waals surface area contributed by atoms with Crippen LogP contribution in [0.3, 0.4) is 0 Å². The van der Waals surface area contributed by atoms with Crippen LogP contribution in [0.1, 0.15) is 24.1 Å². The minimum atomic E-state index is -0.972. The van der Waals surface area contributed by atoms with E-state index in [0.29, 0.717) is 18.5 Å². The minimum Gasteiger partial charge on any atom is -0.479 e. The predicted octanol–water partition coefficient (Wildman–Crippen LogP) is 1.12. The highest BCUT2D eigenvalue weighted by atomic mass is 16.4. The van der Waals surface area contributed by atoms with Gasteiger partial charge in [0.2, 0.25) is 0 Å². The van der Waals surface area contributed by atoms with E-state index in [1.165, 1.54) is 4.90 Å². The molecule has 110 valence electrons. The second kappa shape index (κ2) is 5.33. The lowest BCUT2D eigenvalue weighted by atomic mass is 9.91. The number of hydrogen-bond acceptors (Lipinski definition) is 3. The molecule has 3 rings (SSSR count). The number of rotatable bonds is 2. The first kappa shape index (κ1) is 13.8. The Hall–Kier alpha value is -2.14. The first-order valence-electron chi connectivity index (χ1n) is 7.10. The highest BCUT2D eigenvalue weighted by Crippen LogP contribution is 2.31. The number of benzene rings is 1. The minimum absolute atomic E-state index is 0.159. The quantitative estimate of drug-likeness (QED) is 0.799. The van der Waals surface area contributed by atoms with Gasteiger partial charge in [-0.3, -0.25) is 4.79 Å². The summed E-state index contributed by atoms with van der Waals surface area (Å²) in [6.07, 6.45) is 0.701. The van der Waals surface area contributed by atoms with E-state index in [-0.39, 0.29) is 5.91 Å². The summed E-state index contributed by atoms with van der Waals surface area (Å²) >= 11 is 0. The molecule has 1 aromatic carbocycles. The Morgan fingerprint density at radius 3 is 2.62 bits per heavy atom. The number of nitrogens with zero attached hydrogens (tertiary/aromatic N) is 1. The van der Waals surface area contributed by atoms with Crippen LogP contribution in [0, 0.1) is 0 Å². The molecule has 1 atom stereocenters. The van der Waals surface area contributed by atoms with Crippen LogP contribution < -0.4 is 5.32 Å². The summed E-state index contributed by atoms with van der Waals surface area (Å²) in [5.41, 5.74) is 3.50. The predicted molar refractivity (Wildman–Crippen MR) is 77.8 cm³/mol. The van der Waals surface area contributed by atoms with Gasteiger partial charge in [-0.1, -0.05) is 24.3 Å². The van der Waals surface area contributed by atoms with Crippen LogP contribution in [-0.4, -0.2) is 41.5 Å². The monoisotopic (exact) mass is 286 g/mol. The largest absolute Gasteiger partial charge is 0.479 e. The summed E-state index contributed by atoms with van der Waals surface area (Å²) in [6.45, 7) is 3.68. The number of carboxylic acids is 1. The number of carboxylic acid groups (broad SMARTS) is 1. The molecule has 1 aromatic rings. The van der Waals surface area contributed by atoms with Crippen molar-refractivity contribution in [2.45, 2.75) is 19.4 Å². The fourth-order valence-electron chi connectivity index (χ4n) is 2.93. The number of aliphatic carboxylic acids is 1. The average Bonchev–Trinajstić information content (AvgIpc) is 2.43. The maximum Gasteiger partial charge on any atom is 0.331 e. The second-order valence-corrected chi connectivity index (χ2v) is 5.52. The van der Waals surface area contributed by atoms with E-state index in [1.807, 2.05) is 18.2 Å². The lowest BCUT2D eigenvalue weighted by Crippen LogP contribution is -2.45. The van der Waals surface area contributed by atoms with Crippen LogP contribution in [0.25, 0.3) is 0 Å². The molecular formula is C16H18N2O3. The second-order valence-electron chi connectivity index (χ2n) is 5.52. The van der Waals surface area contributed by atoms with Gasteiger partial charge in [0.25, 0.3) is 5.91 Å². The van der Waals surface area contributed by atoms with E-state index in [0.717, 1.165) is 29.8 Å². The van der Waals surface area contributed by atoms with Crippen LogP contribution in [0.2, 0.25) is 0 Å². The summed E-state index contributed by atoms with van der Waals surface area (Å²) < 4.78 is 0. The van der Waals surface area contributed by atoms with Crippen molar-refractivity contribution < 1.29 is 14.7 Å². The molecule has 1 saturated heterocycles. The Balaban J connectivity index is 1.96. The van der Waals surface area contributed by atoms with Crippen LogP contribution in [0.5, 0.6) is 0 Å². The molecule has 0 bridgehead atoms. The molecule has 1 fully saturated rings. The van der Waals surface area contributed by atoms with Gasteiger partial charge in [0, 0.05) is 25.2 Å². The van der Waals surface area contributed by atoms with E-state index in [2.05, 4.69) is 5.32 Å². The third kappa shape index (κ3) is 2.34. The lowest BCUT2D eigenvalue weighted by Gasteiger charge is -2.36. The Morgan fingerprint density at radius 1 is 1.29 bits per heavy atom. The molecular weight excluding hydrogens is 268 g/mol. The van der Waals surface area contributed by atoms with Gasteiger partial charge in [0.15, 0.2) is 6.04 Å². The first-order valence-corrected chi connectivity index (χ1v) is 7.10. The van der Waals surface area contributed by atoms with Crippen molar-refractivity contribution in [3.8, 4) is 0 Å². The maximum absolute atomic E-state index is 12.6. The van der Waals surface area contributed by atoms with Crippen LogP contribution in [0.15, 0.2) is 35.4 Å². The van der Waals surface area contributed by atoms with Crippen molar-refractivity contribution in [1.29, 1.82) is 0 Å². The zero-order valence-electron chi connectivity index (χ0n) is 11.9. The van der Waals surface area contributed by atoms with E-state index >= 15 is 0 Å². The average molecular weight is 286 g/mol.